The van der Waals surface area contributed by atoms with Crippen LogP contribution in [0.15, 0.2) is 42.6 Å². The standard InChI is InChI=1S/C20H27N3O3/c1-19(25,14-24)9-15-4-3-5-17(8-15)20(21)12-23(13-20)11-16-6-7-18(26-2)22-10-16/h3-8,10,24-25H,9,11-14,21H2,1-2H3. The van der Waals surface area contributed by atoms with Gasteiger partial charge in [-0.2, -0.15) is 0 Å². The molecule has 1 aromatic heterocycles. The van der Waals surface area contributed by atoms with Gasteiger partial charge in [-0.3, -0.25) is 4.90 Å². The summed E-state index contributed by atoms with van der Waals surface area (Å²) in [6.07, 6.45) is 2.22. The summed E-state index contributed by atoms with van der Waals surface area (Å²) < 4.78 is 5.08. The van der Waals surface area contributed by atoms with Crippen molar-refractivity contribution in [2.24, 2.45) is 5.73 Å². The van der Waals surface area contributed by atoms with Gasteiger partial charge in [-0.05, 0) is 23.6 Å². The molecule has 0 bridgehead atoms. The third-order valence-electron chi connectivity index (χ3n) is 4.85. The molecule has 2 aromatic rings. The minimum atomic E-state index is -1.12. The van der Waals surface area contributed by atoms with E-state index < -0.39 is 5.60 Å². The minimum absolute atomic E-state index is 0.269. The van der Waals surface area contributed by atoms with Gasteiger partial charge in [0.15, 0.2) is 0 Å². The number of nitrogens with zero attached hydrogens (tertiary/aromatic N) is 2. The molecular formula is C20H27N3O3. The van der Waals surface area contributed by atoms with Crippen LogP contribution < -0.4 is 10.5 Å². The molecule has 0 aliphatic carbocycles. The van der Waals surface area contributed by atoms with Gasteiger partial charge >= 0.3 is 0 Å². The lowest BCUT2D eigenvalue weighted by Crippen LogP contribution is -2.64. The van der Waals surface area contributed by atoms with Gasteiger partial charge in [0.1, 0.15) is 0 Å². The number of methoxy groups -OCH3 is 1. The Bertz CT molecular complexity index is 740. The summed E-state index contributed by atoms with van der Waals surface area (Å²) in [7, 11) is 1.61. The summed E-state index contributed by atoms with van der Waals surface area (Å²) >= 11 is 0. The van der Waals surface area contributed by atoms with Crippen molar-refractivity contribution in [1.82, 2.24) is 9.88 Å². The average Bonchev–Trinajstić information content (AvgIpc) is 2.61. The lowest BCUT2D eigenvalue weighted by molar-refractivity contribution is 0.00222. The Morgan fingerprint density at radius 1 is 1.27 bits per heavy atom. The molecule has 1 aliphatic rings. The zero-order valence-electron chi connectivity index (χ0n) is 15.4. The quantitative estimate of drug-likeness (QED) is 0.686. The molecular weight excluding hydrogens is 330 g/mol. The molecule has 1 unspecified atom stereocenters. The number of ether oxygens (including phenoxy) is 1. The number of aliphatic hydroxyl groups is 2. The van der Waals surface area contributed by atoms with Crippen molar-refractivity contribution in [3.63, 3.8) is 0 Å². The largest absolute Gasteiger partial charge is 0.481 e. The zero-order valence-corrected chi connectivity index (χ0v) is 15.4. The van der Waals surface area contributed by atoms with Gasteiger partial charge in [0.2, 0.25) is 5.88 Å². The fourth-order valence-electron chi connectivity index (χ4n) is 3.42. The second kappa shape index (κ2) is 7.32. The van der Waals surface area contributed by atoms with E-state index in [0.29, 0.717) is 12.3 Å². The SMILES string of the molecule is COc1ccc(CN2CC(N)(c3cccc(CC(C)(O)CO)c3)C2)cn1. The number of nitrogens with two attached hydrogens (primary N) is 1. The van der Waals surface area contributed by atoms with E-state index in [1.807, 2.05) is 42.6 Å². The Morgan fingerprint density at radius 3 is 2.65 bits per heavy atom. The fraction of sp³-hybridized carbons (Fsp3) is 0.450. The van der Waals surface area contributed by atoms with Gasteiger partial charge < -0.3 is 20.7 Å². The number of benzene rings is 1. The number of aliphatic hydroxyl groups excluding tert-OH is 1. The van der Waals surface area contributed by atoms with E-state index in [9.17, 15) is 10.2 Å². The maximum atomic E-state index is 10.1. The number of aromatic nitrogens is 1. The summed E-state index contributed by atoms with van der Waals surface area (Å²) in [5.74, 6) is 0.612. The third kappa shape index (κ3) is 4.22. The van der Waals surface area contributed by atoms with E-state index in [1.165, 1.54) is 0 Å². The zero-order chi connectivity index (χ0) is 18.8. The molecule has 1 aliphatic heterocycles. The molecule has 1 saturated heterocycles. The molecule has 1 fully saturated rings. The van der Waals surface area contributed by atoms with E-state index in [4.69, 9.17) is 10.5 Å². The van der Waals surface area contributed by atoms with Crippen LogP contribution in [-0.2, 0) is 18.5 Å². The topological polar surface area (TPSA) is 91.8 Å². The highest BCUT2D eigenvalue weighted by molar-refractivity contribution is 5.33. The summed E-state index contributed by atoms with van der Waals surface area (Å²) in [6.45, 7) is 3.69. The first-order valence-electron chi connectivity index (χ1n) is 8.76. The molecule has 3 rings (SSSR count). The Kier molecular flexibility index (Phi) is 5.29. The van der Waals surface area contributed by atoms with Crippen LogP contribution in [0.25, 0.3) is 0 Å². The van der Waals surface area contributed by atoms with Crippen molar-refractivity contribution >= 4 is 0 Å². The Morgan fingerprint density at radius 2 is 2.04 bits per heavy atom. The number of pyridine rings is 1. The third-order valence-corrected chi connectivity index (χ3v) is 4.85. The Hall–Kier alpha value is -1.99. The molecule has 0 spiro atoms. The van der Waals surface area contributed by atoms with Crippen molar-refractivity contribution in [2.75, 3.05) is 26.8 Å². The molecule has 0 saturated carbocycles. The predicted molar refractivity (Wildman–Crippen MR) is 99.8 cm³/mol. The van der Waals surface area contributed by atoms with Crippen LogP contribution in [0.5, 0.6) is 5.88 Å². The highest BCUT2D eigenvalue weighted by Gasteiger charge is 2.40. The van der Waals surface area contributed by atoms with Crippen molar-refractivity contribution in [2.45, 2.75) is 31.0 Å². The number of likely N-dealkylation sites (tertiary alicyclic amines) is 1. The monoisotopic (exact) mass is 357 g/mol. The van der Waals surface area contributed by atoms with Gasteiger partial charge in [0, 0.05) is 38.3 Å². The van der Waals surface area contributed by atoms with Gasteiger partial charge in [0.05, 0.1) is 24.9 Å². The van der Waals surface area contributed by atoms with E-state index in [1.54, 1.807) is 14.0 Å². The van der Waals surface area contributed by atoms with Gasteiger partial charge in [-0.25, -0.2) is 4.98 Å². The molecule has 0 amide bonds. The average molecular weight is 357 g/mol. The van der Waals surface area contributed by atoms with Crippen molar-refractivity contribution in [3.8, 4) is 5.88 Å². The summed E-state index contributed by atoms with van der Waals surface area (Å²) in [4.78, 5) is 6.51. The van der Waals surface area contributed by atoms with E-state index in [-0.39, 0.29) is 12.1 Å². The first-order chi connectivity index (χ1) is 12.3. The van der Waals surface area contributed by atoms with Gasteiger partial charge in [-0.15, -0.1) is 0 Å². The van der Waals surface area contributed by atoms with Crippen molar-refractivity contribution < 1.29 is 14.9 Å². The lowest BCUT2D eigenvalue weighted by Gasteiger charge is -2.48. The summed E-state index contributed by atoms with van der Waals surface area (Å²) in [5, 5.41) is 19.3. The van der Waals surface area contributed by atoms with Crippen LogP contribution in [0.1, 0.15) is 23.6 Å². The fourth-order valence-corrected chi connectivity index (χ4v) is 3.42. The van der Waals surface area contributed by atoms with Crippen LogP contribution in [0.2, 0.25) is 0 Å². The second-order valence-electron chi connectivity index (χ2n) is 7.54. The molecule has 1 atom stereocenters. The summed E-state index contributed by atoms with van der Waals surface area (Å²) in [5.41, 5.74) is 8.25. The van der Waals surface area contributed by atoms with E-state index in [2.05, 4.69) is 9.88 Å². The van der Waals surface area contributed by atoms with E-state index in [0.717, 1.165) is 36.3 Å². The van der Waals surface area contributed by atoms with Gasteiger partial charge in [-0.1, -0.05) is 30.3 Å². The predicted octanol–water partition coefficient (Wildman–Crippen LogP) is 1.05. The van der Waals surface area contributed by atoms with Crippen LogP contribution in [0, 0.1) is 0 Å². The molecule has 6 nitrogen and oxygen atoms in total. The molecule has 26 heavy (non-hydrogen) atoms. The van der Waals surface area contributed by atoms with Crippen LogP contribution >= 0.6 is 0 Å². The van der Waals surface area contributed by atoms with Crippen molar-refractivity contribution in [1.29, 1.82) is 0 Å². The number of hydrogen-bond acceptors (Lipinski definition) is 6. The van der Waals surface area contributed by atoms with Gasteiger partial charge in [0.25, 0.3) is 0 Å². The Labute approximate surface area is 154 Å². The molecule has 140 valence electrons. The number of hydrogen-bond donors (Lipinski definition) is 3. The molecule has 0 radical (unpaired) electrons. The van der Waals surface area contributed by atoms with Crippen LogP contribution in [-0.4, -0.2) is 52.5 Å². The van der Waals surface area contributed by atoms with Crippen LogP contribution in [0.3, 0.4) is 0 Å². The van der Waals surface area contributed by atoms with E-state index >= 15 is 0 Å². The first kappa shape index (κ1) is 18.8. The van der Waals surface area contributed by atoms with Crippen molar-refractivity contribution in [3.05, 3.63) is 59.3 Å². The minimum Gasteiger partial charge on any atom is -0.481 e. The second-order valence-corrected chi connectivity index (χ2v) is 7.54. The normalized spacial score (nSPS) is 18.8. The lowest BCUT2D eigenvalue weighted by atomic mass is 9.81. The Balaban J connectivity index is 1.62. The summed E-state index contributed by atoms with van der Waals surface area (Å²) in [6, 6.07) is 11.9. The number of rotatable bonds is 7. The smallest absolute Gasteiger partial charge is 0.212 e. The molecule has 2 heterocycles. The maximum absolute atomic E-state index is 10.1. The van der Waals surface area contributed by atoms with Crippen LogP contribution in [0.4, 0.5) is 0 Å². The first-order valence-corrected chi connectivity index (χ1v) is 8.76. The highest BCUT2D eigenvalue weighted by atomic mass is 16.5. The molecule has 4 N–H and O–H groups in total. The molecule has 1 aromatic carbocycles. The maximum Gasteiger partial charge on any atom is 0.212 e. The molecule has 6 heteroatoms. The highest BCUT2D eigenvalue weighted by Crippen LogP contribution is 2.31.